The summed E-state index contributed by atoms with van der Waals surface area (Å²) in [5.74, 6) is -0.282. The number of amides is 1. The molecule has 0 aliphatic rings. The molecule has 4 rings (SSSR count). The minimum atomic E-state index is -0.420. The highest BCUT2D eigenvalue weighted by atomic mass is 16.3. The smallest absolute Gasteiger partial charge is 0.328 e. The SMILES string of the molecule is CN(C)C(=O)c1ccccc1Cn1c(O)c(Cc2ccc3[nH]cc(CCN)c3c2)[nH]c1=O. The third kappa shape index (κ3) is 4.04. The first-order chi connectivity index (χ1) is 15.4. The number of imidazole rings is 1. The van der Waals surface area contributed by atoms with Gasteiger partial charge in [0.15, 0.2) is 0 Å². The number of hydrogen-bond donors (Lipinski definition) is 4. The molecule has 4 aromatic rings. The number of aromatic hydroxyl groups is 1. The maximum absolute atomic E-state index is 12.6. The van der Waals surface area contributed by atoms with Gasteiger partial charge in [0, 0.05) is 43.2 Å². The lowest BCUT2D eigenvalue weighted by molar-refractivity contribution is 0.0826. The summed E-state index contributed by atoms with van der Waals surface area (Å²) in [6.45, 7) is 0.653. The van der Waals surface area contributed by atoms with E-state index in [2.05, 4.69) is 16.0 Å². The van der Waals surface area contributed by atoms with Crippen molar-refractivity contribution in [1.82, 2.24) is 19.4 Å². The Bertz CT molecular complexity index is 1330. The molecule has 0 radical (unpaired) electrons. The molecule has 32 heavy (non-hydrogen) atoms. The van der Waals surface area contributed by atoms with Crippen molar-refractivity contribution < 1.29 is 9.90 Å². The van der Waals surface area contributed by atoms with E-state index >= 15 is 0 Å². The fourth-order valence-corrected chi connectivity index (χ4v) is 3.96. The van der Waals surface area contributed by atoms with Gasteiger partial charge in [0.2, 0.25) is 5.88 Å². The van der Waals surface area contributed by atoms with Crippen molar-refractivity contribution in [2.75, 3.05) is 20.6 Å². The van der Waals surface area contributed by atoms with E-state index in [1.807, 2.05) is 24.4 Å². The Kier molecular flexibility index (Phi) is 5.87. The van der Waals surface area contributed by atoms with Crippen LogP contribution >= 0.6 is 0 Å². The average Bonchev–Trinajstić information content (AvgIpc) is 3.29. The Morgan fingerprint density at radius 1 is 1.16 bits per heavy atom. The number of benzene rings is 2. The van der Waals surface area contributed by atoms with Crippen molar-refractivity contribution in [1.29, 1.82) is 0 Å². The monoisotopic (exact) mass is 433 g/mol. The number of rotatable bonds is 7. The molecule has 0 fully saturated rings. The summed E-state index contributed by atoms with van der Waals surface area (Å²) in [6.07, 6.45) is 3.10. The first-order valence-electron chi connectivity index (χ1n) is 10.5. The molecule has 0 saturated carbocycles. The standard InChI is InChI=1S/C24H27N5O3/c1-28(2)22(30)18-6-4-3-5-17(18)14-29-23(31)21(27-24(29)32)12-15-7-8-20-19(11-15)16(9-10-25)13-26-20/h3-8,11,13,26,31H,9-10,12,14,25H2,1-2H3,(H,27,32). The molecule has 1 amide bonds. The molecule has 166 valence electrons. The van der Waals surface area contributed by atoms with Crippen LogP contribution in [0.15, 0.2) is 53.5 Å². The maximum atomic E-state index is 12.6. The number of carbonyl (C=O) groups is 1. The van der Waals surface area contributed by atoms with Crippen molar-refractivity contribution in [2.24, 2.45) is 5.73 Å². The molecule has 0 aliphatic carbocycles. The predicted octanol–water partition coefficient (Wildman–Crippen LogP) is 2.21. The van der Waals surface area contributed by atoms with Crippen molar-refractivity contribution >= 4 is 16.8 Å². The van der Waals surface area contributed by atoms with Gasteiger partial charge < -0.3 is 25.7 Å². The van der Waals surface area contributed by atoms with E-state index in [9.17, 15) is 14.7 Å². The van der Waals surface area contributed by atoms with Gasteiger partial charge in [0.05, 0.1) is 12.2 Å². The molecule has 0 unspecified atom stereocenters. The fourth-order valence-electron chi connectivity index (χ4n) is 3.96. The van der Waals surface area contributed by atoms with Crippen LogP contribution in [0.5, 0.6) is 5.88 Å². The molecule has 8 heteroatoms. The number of aromatic nitrogens is 3. The summed E-state index contributed by atoms with van der Waals surface area (Å²) in [5, 5.41) is 11.9. The Morgan fingerprint density at radius 2 is 1.94 bits per heavy atom. The Balaban J connectivity index is 1.64. The average molecular weight is 434 g/mol. The number of nitrogens with two attached hydrogens (primary N) is 1. The third-order valence-electron chi connectivity index (χ3n) is 5.64. The number of carbonyl (C=O) groups excluding carboxylic acids is 1. The molecule has 0 atom stereocenters. The Hall–Kier alpha value is -3.78. The first-order valence-corrected chi connectivity index (χ1v) is 10.5. The van der Waals surface area contributed by atoms with Crippen LogP contribution in [0.3, 0.4) is 0 Å². The molecule has 0 aliphatic heterocycles. The zero-order chi connectivity index (χ0) is 22.8. The summed E-state index contributed by atoms with van der Waals surface area (Å²) < 4.78 is 1.26. The second kappa shape index (κ2) is 8.76. The summed E-state index contributed by atoms with van der Waals surface area (Å²) in [7, 11) is 3.36. The highest BCUT2D eigenvalue weighted by molar-refractivity contribution is 5.95. The third-order valence-corrected chi connectivity index (χ3v) is 5.64. The number of H-pyrrole nitrogens is 2. The van der Waals surface area contributed by atoms with Crippen molar-refractivity contribution in [3.8, 4) is 5.88 Å². The van der Waals surface area contributed by atoms with Gasteiger partial charge in [-0.2, -0.15) is 0 Å². The number of nitrogens with one attached hydrogen (secondary N) is 2. The minimum Gasteiger partial charge on any atom is -0.493 e. The van der Waals surface area contributed by atoms with Crippen LogP contribution in [0.2, 0.25) is 0 Å². The molecule has 0 bridgehead atoms. The van der Waals surface area contributed by atoms with Crippen LogP contribution < -0.4 is 11.4 Å². The van der Waals surface area contributed by atoms with Gasteiger partial charge in [0.25, 0.3) is 5.91 Å². The van der Waals surface area contributed by atoms with E-state index in [1.165, 1.54) is 9.47 Å². The second-order valence-corrected chi connectivity index (χ2v) is 8.08. The molecule has 0 saturated heterocycles. The normalized spacial score (nSPS) is 11.2. The van der Waals surface area contributed by atoms with E-state index in [1.54, 1.807) is 32.3 Å². The van der Waals surface area contributed by atoms with E-state index in [-0.39, 0.29) is 18.3 Å². The summed E-state index contributed by atoms with van der Waals surface area (Å²) in [4.78, 5) is 32.6. The van der Waals surface area contributed by atoms with Gasteiger partial charge in [-0.3, -0.25) is 9.36 Å². The van der Waals surface area contributed by atoms with Crippen LogP contribution in [0.4, 0.5) is 0 Å². The van der Waals surface area contributed by atoms with Gasteiger partial charge in [-0.05, 0) is 47.9 Å². The van der Waals surface area contributed by atoms with E-state index in [0.717, 1.165) is 28.5 Å². The highest BCUT2D eigenvalue weighted by Crippen LogP contribution is 2.24. The van der Waals surface area contributed by atoms with Gasteiger partial charge in [0.1, 0.15) is 0 Å². The molecular weight excluding hydrogens is 406 g/mol. The van der Waals surface area contributed by atoms with Gasteiger partial charge in [-0.15, -0.1) is 0 Å². The van der Waals surface area contributed by atoms with Crippen molar-refractivity contribution in [2.45, 2.75) is 19.4 Å². The highest BCUT2D eigenvalue weighted by Gasteiger charge is 2.18. The van der Waals surface area contributed by atoms with Crippen LogP contribution in [-0.2, 0) is 19.4 Å². The topological polar surface area (TPSA) is 120 Å². The number of hydrogen-bond acceptors (Lipinski definition) is 4. The first kappa shape index (κ1) is 21.5. The number of nitrogens with zero attached hydrogens (tertiary/aromatic N) is 2. The quantitative estimate of drug-likeness (QED) is 0.357. The van der Waals surface area contributed by atoms with Crippen LogP contribution in [0.25, 0.3) is 10.9 Å². The number of aromatic amines is 2. The van der Waals surface area contributed by atoms with Crippen LogP contribution in [0.1, 0.15) is 32.7 Å². The van der Waals surface area contributed by atoms with Crippen molar-refractivity contribution in [3.63, 3.8) is 0 Å². The van der Waals surface area contributed by atoms with Crippen LogP contribution in [-0.4, -0.2) is 51.1 Å². The summed E-state index contributed by atoms with van der Waals surface area (Å²) in [5.41, 5.74) is 10.0. The van der Waals surface area contributed by atoms with E-state index in [0.29, 0.717) is 29.8 Å². The lowest BCUT2D eigenvalue weighted by Crippen LogP contribution is -2.24. The zero-order valence-electron chi connectivity index (χ0n) is 18.2. The van der Waals surface area contributed by atoms with Crippen molar-refractivity contribution in [3.05, 3.63) is 87.1 Å². The molecule has 5 N–H and O–H groups in total. The van der Waals surface area contributed by atoms with E-state index in [4.69, 9.17) is 5.73 Å². The molecular formula is C24H27N5O3. The Labute approximate surface area is 185 Å². The van der Waals surface area contributed by atoms with Crippen LogP contribution in [0, 0.1) is 0 Å². The number of fused-ring (bicyclic) bond motifs is 1. The minimum absolute atomic E-state index is 0.0917. The van der Waals surface area contributed by atoms with Gasteiger partial charge in [-0.25, -0.2) is 4.79 Å². The summed E-state index contributed by atoms with van der Waals surface area (Å²) >= 11 is 0. The lowest BCUT2D eigenvalue weighted by Gasteiger charge is -2.14. The summed E-state index contributed by atoms with van der Waals surface area (Å²) in [6, 6.07) is 13.1. The fraction of sp³-hybridized carbons (Fsp3) is 0.250. The molecule has 8 nitrogen and oxygen atoms in total. The molecule has 2 heterocycles. The molecule has 2 aromatic heterocycles. The lowest BCUT2D eigenvalue weighted by atomic mass is 10.0. The van der Waals surface area contributed by atoms with Gasteiger partial charge >= 0.3 is 5.69 Å². The largest absolute Gasteiger partial charge is 0.493 e. The molecule has 2 aromatic carbocycles. The predicted molar refractivity (Wildman–Crippen MR) is 124 cm³/mol. The van der Waals surface area contributed by atoms with Gasteiger partial charge in [-0.1, -0.05) is 24.3 Å². The second-order valence-electron chi connectivity index (χ2n) is 8.08. The van der Waals surface area contributed by atoms with E-state index < -0.39 is 5.69 Å². The maximum Gasteiger partial charge on any atom is 0.328 e. The Morgan fingerprint density at radius 3 is 2.69 bits per heavy atom. The molecule has 0 spiro atoms. The zero-order valence-corrected chi connectivity index (χ0v) is 18.2.